The van der Waals surface area contributed by atoms with E-state index in [0.717, 1.165) is 22.1 Å². The predicted molar refractivity (Wildman–Crippen MR) is 107 cm³/mol. The minimum absolute atomic E-state index is 0.288. The Bertz CT molecular complexity index is 1440. The van der Waals surface area contributed by atoms with Crippen molar-refractivity contribution in [3.63, 3.8) is 0 Å². The van der Waals surface area contributed by atoms with Gasteiger partial charge in [-0.3, -0.25) is 27.9 Å². The SMILES string of the molecule is CCCn1cnc2c1c(=O)n(C)c(=O)n2C.Cn1c(=O)c2[nH]cnc2n(C)c1=O. The highest BCUT2D eigenvalue weighted by Gasteiger charge is 2.13. The summed E-state index contributed by atoms with van der Waals surface area (Å²) in [6.07, 6.45) is 3.91. The molecule has 0 spiro atoms. The van der Waals surface area contributed by atoms with Crippen molar-refractivity contribution in [1.82, 2.24) is 37.8 Å². The van der Waals surface area contributed by atoms with Gasteiger partial charge in [0.05, 0.1) is 12.7 Å². The summed E-state index contributed by atoms with van der Waals surface area (Å²) < 4.78 is 6.66. The Labute approximate surface area is 163 Å². The second kappa shape index (κ2) is 7.37. The van der Waals surface area contributed by atoms with Gasteiger partial charge >= 0.3 is 11.4 Å². The zero-order chi connectivity index (χ0) is 21.5. The number of fused-ring (bicyclic) bond motifs is 2. The molecule has 0 saturated carbocycles. The number of aryl methyl sites for hydroxylation is 3. The molecule has 0 fully saturated rings. The average Bonchev–Trinajstić information content (AvgIpc) is 3.36. The second-order valence-corrected chi connectivity index (χ2v) is 6.62. The van der Waals surface area contributed by atoms with Crippen LogP contribution in [0.3, 0.4) is 0 Å². The number of H-pyrrole nitrogens is 1. The molecular weight excluding hydrogens is 380 g/mol. The molecule has 12 nitrogen and oxygen atoms in total. The first kappa shape index (κ1) is 20.0. The molecule has 12 heteroatoms. The van der Waals surface area contributed by atoms with Gasteiger partial charge < -0.3 is 9.55 Å². The van der Waals surface area contributed by atoms with Crippen molar-refractivity contribution < 1.29 is 0 Å². The summed E-state index contributed by atoms with van der Waals surface area (Å²) in [5.41, 5.74) is 0.314. The summed E-state index contributed by atoms with van der Waals surface area (Å²) in [5.74, 6) is 0. The maximum atomic E-state index is 11.9. The highest BCUT2D eigenvalue weighted by Crippen LogP contribution is 2.05. The minimum Gasteiger partial charge on any atom is -0.339 e. The molecule has 4 aromatic rings. The fraction of sp³-hybridized carbons (Fsp3) is 0.412. The summed E-state index contributed by atoms with van der Waals surface area (Å²) >= 11 is 0. The van der Waals surface area contributed by atoms with Gasteiger partial charge in [-0.15, -0.1) is 0 Å². The standard InChI is InChI=1S/C10H14N4O2.C7H8N4O2/c1-4-5-14-6-11-8-7(14)9(15)13(3)10(16)12(8)2;1-10-5-4(8-3-9-5)6(12)11(2)7(10)13/h6H,4-5H2,1-3H3;3H,1-2H3,(H,8,9). The van der Waals surface area contributed by atoms with Crippen LogP contribution in [0.4, 0.5) is 0 Å². The molecule has 0 aliphatic heterocycles. The molecule has 0 unspecified atom stereocenters. The van der Waals surface area contributed by atoms with E-state index >= 15 is 0 Å². The van der Waals surface area contributed by atoms with E-state index in [0.29, 0.717) is 22.3 Å². The second-order valence-electron chi connectivity index (χ2n) is 6.62. The van der Waals surface area contributed by atoms with Gasteiger partial charge in [-0.25, -0.2) is 19.6 Å². The molecule has 4 aromatic heterocycles. The number of aromatic amines is 1. The maximum absolute atomic E-state index is 11.9. The topological polar surface area (TPSA) is 134 Å². The van der Waals surface area contributed by atoms with Crippen molar-refractivity contribution in [1.29, 1.82) is 0 Å². The third kappa shape index (κ3) is 3.11. The predicted octanol–water partition coefficient (Wildman–Crippen LogP) is -1.20. The van der Waals surface area contributed by atoms with Crippen molar-refractivity contribution in [3.05, 3.63) is 54.3 Å². The summed E-state index contributed by atoms with van der Waals surface area (Å²) in [4.78, 5) is 57.1. The lowest BCUT2D eigenvalue weighted by Crippen LogP contribution is -2.37. The number of nitrogens with one attached hydrogen (secondary N) is 1. The van der Waals surface area contributed by atoms with Crippen LogP contribution in [0.15, 0.2) is 31.8 Å². The van der Waals surface area contributed by atoms with Gasteiger partial charge in [0.2, 0.25) is 0 Å². The lowest BCUT2D eigenvalue weighted by Gasteiger charge is -2.05. The third-order valence-electron chi connectivity index (χ3n) is 4.71. The van der Waals surface area contributed by atoms with Gasteiger partial charge in [0.1, 0.15) is 5.52 Å². The van der Waals surface area contributed by atoms with E-state index in [2.05, 4.69) is 15.0 Å². The largest absolute Gasteiger partial charge is 0.339 e. The summed E-state index contributed by atoms with van der Waals surface area (Å²) in [6.45, 7) is 2.75. The molecule has 29 heavy (non-hydrogen) atoms. The Hall–Kier alpha value is -3.70. The molecule has 4 heterocycles. The van der Waals surface area contributed by atoms with Crippen molar-refractivity contribution in [3.8, 4) is 0 Å². The molecular formula is C17H22N8O4. The number of aromatic nitrogens is 8. The highest BCUT2D eigenvalue weighted by atomic mass is 16.2. The van der Waals surface area contributed by atoms with Crippen LogP contribution in [0.1, 0.15) is 13.3 Å². The number of imidazole rings is 2. The number of rotatable bonds is 2. The van der Waals surface area contributed by atoms with Crippen LogP contribution in [0.2, 0.25) is 0 Å². The molecule has 0 aliphatic rings. The average molecular weight is 402 g/mol. The van der Waals surface area contributed by atoms with Crippen LogP contribution in [0.5, 0.6) is 0 Å². The summed E-state index contributed by atoms with van der Waals surface area (Å²) in [7, 11) is 6.11. The van der Waals surface area contributed by atoms with Gasteiger partial charge in [-0.05, 0) is 6.42 Å². The van der Waals surface area contributed by atoms with E-state index in [1.807, 2.05) is 6.92 Å². The van der Waals surface area contributed by atoms with Crippen molar-refractivity contribution in [2.45, 2.75) is 19.9 Å². The van der Waals surface area contributed by atoms with E-state index in [-0.39, 0.29) is 22.5 Å². The summed E-state index contributed by atoms with van der Waals surface area (Å²) in [5, 5.41) is 0. The van der Waals surface area contributed by atoms with Gasteiger partial charge in [-0.2, -0.15) is 0 Å². The van der Waals surface area contributed by atoms with Crippen LogP contribution in [-0.4, -0.2) is 37.8 Å². The van der Waals surface area contributed by atoms with Gasteiger partial charge in [0.15, 0.2) is 16.8 Å². The first-order valence-electron chi connectivity index (χ1n) is 8.90. The van der Waals surface area contributed by atoms with Crippen molar-refractivity contribution in [2.75, 3.05) is 0 Å². The molecule has 0 aromatic carbocycles. The molecule has 154 valence electrons. The first-order valence-corrected chi connectivity index (χ1v) is 8.90. The Morgan fingerprint density at radius 1 is 0.828 bits per heavy atom. The molecule has 4 rings (SSSR count). The number of hydrogen-bond acceptors (Lipinski definition) is 6. The van der Waals surface area contributed by atoms with Gasteiger partial charge in [0.25, 0.3) is 11.1 Å². The van der Waals surface area contributed by atoms with Crippen LogP contribution in [-0.2, 0) is 34.7 Å². The molecule has 0 bridgehead atoms. The fourth-order valence-electron chi connectivity index (χ4n) is 3.08. The maximum Gasteiger partial charge on any atom is 0.332 e. The monoisotopic (exact) mass is 402 g/mol. The molecule has 0 radical (unpaired) electrons. The smallest absolute Gasteiger partial charge is 0.332 e. The first-order chi connectivity index (χ1) is 13.7. The molecule has 0 atom stereocenters. The van der Waals surface area contributed by atoms with Gasteiger partial charge in [-0.1, -0.05) is 6.92 Å². The van der Waals surface area contributed by atoms with Crippen molar-refractivity contribution in [2.24, 2.45) is 28.2 Å². The van der Waals surface area contributed by atoms with E-state index in [1.165, 1.54) is 29.6 Å². The van der Waals surface area contributed by atoms with E-state index in [4.69, 9.17) is 0 Å². The number of hydrogen-bond donors (Lipinski definition) is 1. The zero-order valence-corrected chi connectivity index (χ0v) is 16.8. The van der Waals surface area contributed by atoms with Gasteiger partial charge in [0, 0.05) is 34.7 Å². The lowest BCUT2D eigenvalue weighted by molar-refractivity contribution is 0.676. The summed E-state index contributed by atoms with van der Waals surface area (Å²) in [6, 6.07) is 0. The van der Waals surface area contributed by atoms with Crippen LogP contribution < -0.4 is 22.5 Å². The van der Waals surface area contributed by atoms with E-state index < -0.39 is 0 Å². The lowest BCUT2D eigenvalue weighted by atomic mass is 10.4. The normalized spacial score (nSPS) is 11.1. The molecule has 0 saturated heterocycles. The van der Waals surface area contributed by atoms with E-state index in [1.54, 1.807) is 25.0 Å². The van der Waals surface area contributed by atoms with E-state index in [9.17, 15) is 19.2 Å². The van der Waals surface area contributed by atoms with Crippen LogP contribution >= 0.6 is 0 Å². The highest BCUT2D eigenvalue weighted by molar-refractivity contribution is 5.70. The van der Waals surface area contributed by atoms with Crippen LogP contribution in [0.25, 0.3) is 22.3 Å². The Morgan fingerprint density at radius 3 is 2.03 bits per heavy atom. The molecule has 0 amide bonds. The molecule has 0 aliphatic carbocycles. The Balaban J connectivity index is 0.000000169. The quantitative estimate of drug-likeness (QED) is 0.448. The zero-order valence-electron chi connectivity index (χ0n) is 16.8. The third-order valence-corrected chi connectivity index (χ3v) is 4.71. The van der Waals surface area contributed by atoms with Crippen LogP contribution in [0, 0.1) is 0 Å². The minimum atomic E-state index is -0.371. The number of nitrogens with zero attached hydrogens (tertiary/aromatic N) is 7. The Morgan fingerprint density at radius 2 is 1.41 bits per heavy atom. The fourth-order valence-corrected chi connectivity index (χ4v) is 3.08. The van der Waals surface area contributed by atoms with Crippen molar-refractivity contribution >= 4 is 22.3 Å². The molecule has 1 N–H and O–H groups in total. The Kier molecular flexibility index (Phi) is 5.10.